The monoisotopic (exact) mass is 254 g/mol. The van der Waals surface area contributed by atoms with E-state index in [0.29, 0.717) is 6.04 Å². The van der Waals surface area contributed by atoms with E-state index in [-0.39, 0.29) is 5.69 Å². The summed E-state index contributed by atoms with van der Waals surface area (Å²) in [7, 11) is 2.02. The predicted octanol–water partition coefficient (Wildman–Crippen LogP) is 2.86. The Morgan fingerprint density at radius 1 is 1.59 bits per heavy atom. The predicted molar refractivity (Wildman–Crippen MR) is 68.9 cm³/mol. The van der Waals surface area contributed by atoms with Gasteiger partial charge < -0.3 is 10.0 Å². The average Bonchev–Trinajstić information content (AvgIpc) is 2.77. The highest BCUT2D eigenvalue weighted by molar-refractivity contribution is 7.13. The molecule has 1 aliphatic carbocycles. The maximum Gasteiger partial charge on any atom is 0.355 e. The molecule has 17 heavy (non-hydrogen) atoms. The molecule has 0 amide bonds. The Labute approximate surface area is 105 Å². The highest BCUT2D eigenvalue weighted by Crippen LogP contribution is 2.30. The summed E-state index contributed by atoms with van der Waals surface area (Å²) in [5, 5.41) is 11.3. The van der Waals surface area contributed by atoms with Gasteiger partial charge >= 0.3 is 5.97 Å². The van der Waals surface area contributed by atoms with Gasteiger partial charge in [0.25, 0.3) is 0 Å². The third-order valence-electron chi connectivity index (χ3n) is 3.47. The lowest BCUT2D eigenvalue weighted by Gasteiger charge is -2.33. The molecule has 4 nitrogen and oxygen atoms in total. The standard InChI is InChI=1S/C12H18N2O2S/c1-8-4-3-5-9(6-8)14(2)12-13-10(7-17-12)11(15)16/h7-9H,3-6H2,1-2H3,(H,15,16). The highest BCUT2D eigenvalue weighted by Gasteiger charge is 2.24. The molecule has 1 heterocycles. The molecule has 94 valence electrons. The zero-order valence-electron chi connectivity index (χ0n) is 10.2. The number of anilines is 1. The Morgan fingerprint density at radius 3 is 2.94 bits per heavy atom. The lowest BCUT2D eigenvalue weighted by molar-refractivity contribution is 0.0691. The first-order valence-corrected chi connectivity index (χ1v) is 6.87. The van der Waals surface area contributed by atoms with Gasteiger partial charge in [0.15, 0.2) is 10.8 Å². The van der Waals surface area contributed by atoms with Crippen LogP contribution < -0.4 is 4.90 Å². The van der Waals surface area contributed by atoms with Crippen molar-refractivity contribution in [2.45, 2.75) is 38.6 Å². The molecule has 1 aromatic rings. The summed E-state index contributed by atoms with van der Waals surface area (Å²) in [6.45, 7) is 2.28. The van der Waals surface area contributed by atoms with Gasteiger partial charge in [-0.25, -0.2) is 9.78 Å². The molecule has 2 rings (SSSR count). The van der Waals surface area contributed by atoms with Crippen LogP contribution in [0.1, 0.15) is 43.1 Å². The fourth-order valence-corrected chi connectivity index (χ4v) is 3.27. The Balaban J connectivity index is 2.07. The van der Waals surface area contributed by atoms with E-state index < -0.39 is 5.97 Å². The van der Waals surface area contributed by atoms with E-state index >= 15 is 0 Å². The smallest absolute Gasteiger partial charge is 0.355 e. The molecule has 0 spiro atoms. The van der Waals surface area contributed by atoms with Gasteiger partial charge in [-0.2, -0.15) is 0 Å². The molecule has 1 aliphatic rings. The molecule has 1 fully saturated rings. The molecule has 0 bridgehead atoms. The second-order valence-corrected chi connectivity index (χ2v) is 5.69. The first kappa shape index (κ1) is 12.4. The highest BCUT2D eigenvalue weighted by atomic mass is 32.1. The van der Waals surface area contributed by atoms with Crippen LogP contribution in [0.4, 0.5) is 5.13 Å². The first-order chi connectivity index (χ1) is 8.08. The molecule has 1 aromatic heterocycles. The van der Waals surface area contributed by atoms with Crippen molar-refractivity contribution in [3.05, 3.63) is 11.1 Å². The van der Waals surface area contributed by atoms with Gasteiger partial charge in [0.2, 0.25) is 0 Å². The maximum atomic E-state index is 10.8. The van der Waals surface area contributed by atoms with Crippen LogP contribution in [-0.4, -0.2) is 29.1 Å². The van der Waals surface area contributed by atoms with Crippen molar-refractivity contribution >= 4 is 22.4 Å². The number of carboxylic acids is 1. The molecular weight excluding hydrogens is 236 g/mol. The minimum atomic E-state index is -0.946. The van der Waals surface area contributed by atoms with Crippen molar-refractivity contribution in [1.82, 2.24) is 4.98 Å². The van der Waals surface area contributed by atoms with Crippen molar-refractivity contribution in [3.8, 4) is 0 Å². The van der Waals surface area contributed by atoms with Crippen LogP contribution in [0, 0.1) is 5.92 Å². The summed E-state index contributed by atoms with van der Waals surface area (Å²) in [5.74, 6) is -0.187. The normalized spacial score (nSPS) is 24.6. The van der Waals surface area contributed by atoms with E-state index in [1.165, 1.54) is 37.0 Å². The Morgan fingerprint density at radius 2 is 2.35 bits per heavy atom. The number of carboxylic acid groups (broad SMARTS) is 1. The van der Waals surface area contributed by atoms with Crippen molar-refractivity contribution in [2.75, 3.05) is 11.9 Å². The number of carbonyl (C=O) groups is 1. The number of nitrogens with zero attached hydrogens (tertiary/aromatic N) is 2. The van der Waals surface area contributed by atoms with E-state index in [0.717, 1.165) is 11.0 Å². The zero-order valence-corrected chi connectivity index (χ0v) is 11.0. The van der Waals surface area contributed by atoms with Gasteiger partial charge in [-0.15, -0.1) is 11.3 Å². The van der Waals surface area contributed by atoms with E-state index in [1.54, 1.807) is 5.38 Å². The van der Waals surface area contributed by atoms with Crippen molar-refractivity contribution in [1.29, 1.82) is 0 Å². The van der Waals surface area contributed by atoms with Crippen molar-refractivity contribution < 1.29 is 9.90 Å². The van der Waals surface area contributed by atoms with Crippen LogP contribution in [0.15, 0.2) is 5.38 Å². The minimum Gasteiger partial charge on any atom is -0.476 e. The Hall–Kier alpha value is -1.10. The summed E-state index contributed by atoms with van der Waals surface area (Å²) in [4.78, 5) is 17.1. The molecule has 0 aliphatic heterocycles. The van der Waals surface area contributed by atoms with Crippen LogP contribution >= 0.6 is 11.3 Å². The van der Waals surface area contributed by atoms with Gasteiger partial charge in [-0.3, -0.25) is 0 Å². The van der Waals surface area contributed by atoms with E-state index in [9.17, 15) is 4.79 Å². The molecule has 0 saturated heterocycles. The maximum absolute atomic E-state index is 10.8. The summed E-state index contributed by atoms with van der Waals surface area (Å²) < 4.78 is 0. The number of thiazole rings is 1. The number of hydrogen-bond donors (Lipinski definition) is 1. The SMILES string of the molecule is CC1CCCC(N(C)c2nc(C(=O)O)cs2)C1. The van der Waals surface area contributed by atoms with Gasteiger partial charge in [0.1, 0.15) is 0 Å². The molecule has 2 unspecified atom stereocenters. The van der Waals surface area contributed by atoms with E-state index in [1.807, 2.05) is 7.05 Å². The van der Waals surface area contributed by atoms with Crippen LogP contribution in [0.25, 0.3) is 0 Å². The molecule has 1 saturated carbocycles. The second kappa shape index (κ2) is 5.04. The van der Waals surface area contributed by atoms with Gasteiger partial charge in [0, 0.05) is 18.5 Å². The largest absolute Gasteiger partial charge is 0.476 e. The van der Waals surface area contributed by atoms with E-state index in [2.05, 4.69) is 16.8 Å². The van der Waals surface area contributed by atoms with Crippen LogP contribution in [-0.2, 0) is 0 Å². The second-order valence-electron chi connectivity index (χ2n) is 4.86. The molecule has 0 aromatic carbocycles. The lowest BCUT2D eigenvalue weighted by atomic mass is 9.86. The number of aromatic carboxylic acids is 1. The summed E-state index contributed by atoms with van der Waals surface area (Å²) in [5.41, 5.74) is 0.153. The van der Waals surface area contributed by atoms with Crippen LogP contribution in [0.2, 0.25) is 0 Å². The molecule has 5 heteroatoms. The van der Waals surface area contributed by atoms with Crippen molar-refractivity contribution in [3.63, 3.8) is 0 Å². The summed E-state index contributed by atoms with van der Waals surface area (Å²) in [6.07, 6.45) is 4.93. The van der Waals surface area contributed by atoms with Gasteiger partial charge in [-0.1, -0.05) is 19.8 Å². The average molecular weight is 254 g/mol. The molecular formula is C12H18N2O2S. The summed E-state index contributed by atoms with van der Waals surface area (Å²) in [6, 6.07) is 0.506. The Kier molecular flexibility index (Phi) is 3.66. The fourth-order valence-electron chi connectivity index (χ4n) is 2.43. The third kappa shape index (κ3) is 2.77. The molecule has 1 N–H and O–H groups in total. The topological polar surface area (TPSA) is 53.4 Å². The fraction of sp³-hybridized carbons (Fsp3) is 0.667. The van der Waals surface area contributed by atoms with Crippen LogP contribution in [0.5, 0.6) is 0 Å². The third-order valence-corrected chi connectivity index (χ3v) is 4.40. The molecule has 0 radical (unpaired) electrons. The van der Waals surface area contributed by atoms with E-state index in [4.69, 9.17) is 5.11 Å². The first-order valence-electron chi connectivity index (χ1n) is 5.99. The lowest BCUT2D eigenvalue weighted by Crippen LogP contribution is -2.35. The Bertz CT molecular complexity index is 405. The summed E-state index contributed by atoms with van der Waals surface area (Å²) >= 11 is 1.41. The minimum absolute atomic E-state index is 0.153. The van der Waals surface area contributed by atoms with Gasteiger partial charge in [0.05, 0.1) is 0 Å². The molecule has 2 atom stereocenters. The van der Waals surface area contributed by atoms with Crippen LogP contribution in [0.3, 0.4) is 0 Å². The number of hydrogen-bond acceptors (Lipinski definition) is 4. The number of aromatic nitrogens is 1. The zero-order chi connectivity index (χ0) is 12.4. The van der Waals surface area contributed by atoms with Crippen molar-refractivity contribution in [2.24, 2.45) is 5.92 Å². The number of rotatable bonds is 3. The quantitative estimate of drug-likeness (QED) is 0.901. The van der Waals surface area contributed by atoms with Gasteiger partial charge in [-0.05, 0) is 18.8 Å².